The van der Waals surface area contributed by atoms with Crippen molar-refractivity contribution in [1.82, 2.24) is 4.90 Å². The third-order valence-electron chi connectivity index (χ3n) is 9.83. The van der Waals surface area contributed by atoms with Gasteiger partial charge in [0.05, 0.1) is 6.61 Å². The van der Waals surface area contributed by atoms with Crippen molar-refractivity contribution >= 4 is 23.2 Å². The van der Waals surface area contributed by atoms with Gasteiger partial charge in [-0.2, -0.15) is 0 Å². The molecule has 2 aliphatic carbocycles. The molecular formula is C42H48N2O5. The van der Waals surface area contributed by atoms with E-state index in [0.717, 1.165) is 52.2 Å². The molecule has 0 saturated heterocycles. The summed E-state index contributed by atoms with van der Waals surface area (Å²) in [6.45, 7) is 15.2. The third-order valence-corrected chi connectivity index (χ3v) is 9.83. The molecule has 0 saturated carbocycles. The summed E-state index contributed by atoms with van der Waals surface area (Å²) in [5.74, 6) is 0.285. The third kappa shape index (κ3) is 7.22. The SMILES string of the molecule is CCOc1cc(C2C3=C(CC(C)(C)CC3=O)N(Cc3ccccc3)C3=C2C(=O)CC(C)(C)C3)ccc1OCC(=O)Nc1cc(C)ccc1C. The smallest absolute Gasteiger partial charge is 0.262 e. The predicted octanol–water partition coefficient (Wildman–Crippen LogP) is 8.61. The Bertz CT molecular complexity index is 1810. The highest BCUT2D eigenvalue weighted by Crippen LogP contribution is 2.55. The Hall–Kier alpha value is -4.65. The van der Waals surface area contributed by atoms with Crippen molar-refractivity contribution in [1.29, 1.82) is 0 Å². The molecule has 6 rings (SSSR count). The Morgan fingerprint density at radius 2 is 1.43 bits per heavy atom. The molecule has 3 aromatic rings. The largest absolute Gasteiger partial charge is 0.490 e. The highest BCUT2D eigenvalue weighted by Gasteiger charge is 2.49. The van der Waals surface area contributed by atoms with Gasteiger partial charge in [0.2, 0.25) is 0 Å². The summed E-state index contributed by atoms with van der Waals surface area (Å²) in [6, 6.07) is 21.8. The standard InChI is InChI=1S/C42H48N2O5/c1-8-48-36-19-29(16-17-35(36)49-25-37(47)43-30-18-26(2)14-15-27(30)3)38-39-31(20-41(4,5)22-33(39)45)44(24-28-12-10-9-11-13-28)32-21-42(6,7)23-34(46)40(32)38/h9-19,38H,8,20-25H2,1-7H3,(H,43,47). The molecule has 0 unspecified atom stereocenters. The summed E-state index contributed by atoms with van der Waals surface area (Å²) in [5, 5.41) is 2.95. The zero-order valence-electron chi connectivity index (χ0n) is 29.9. The number of aryl methyl sites for hydroxylation is 2. The van der Waals surface area contributed by atoms with Crippen molar-refractivity contribution in [3.63, 3.8) is 0 Å². The molecule has 7 nitrogen and oxygen atoms in total. The van der Waals surface area contributed by atoms with E-state index in [4.69, 9.17) is 9.47 Å². The number of rotatable bonds is 9. The van der Waals surface area contributed by atoms with Gasteiger partial charge in [-0.15, -0.1) is 0 Å². The number of carbonyl (C=O) groups excluding carboxylic acids is 3. The second-order valence-corrected chi connectivity index (χ2v) is 15.4. The number of hydrogen-bond acceptors (Lipinski definition) is 6. The normalized spacial score (nSPS) is 18.6. The van der Waals surface area contributed by atoms with Crippen LogP contribution in [-0.2, 0) is 20.9 Å². The van der Waals surface area contributed by atoms with E-state index in [1.807, 2.05) is 69.3 Å². The van der Waals surface area contributed by atoms with Crippen LogP contribution in [0.3, 0.4) is 0 Å². The summed E-state index contributed by atoms with van der Waals surface area (Å²) in [4.78, 5) is 43.7. The molecule has 1 heterocycles. The first-order valence-corrected chi connectivity index (χ1v) is 17.4. The van der Waals surface area contributed by atoms with Crippen LogP contribution in [0, 0.1) is 24.7 Å². The van der Waals surface area contributed by atoms with Crippen molar-refractivity contribution in [2.45, 2.75) is 86.6 Å². The molecule has 7 heteroatoms. The molecule has 3 aromatic carbocycles. The second kappa shape index (κ2) is 13.3. The first-order valence-electron chi connectivity index (χ1n) is 17.4. The maximum atomic E-state index is 14.3. The molecule has 0 bridgehead atoms. The number of allylic oxidation sites excluding steroid dienone is 4. The summed E-state index contributed by atoms with van der Waals surface area (Å²) >= 11 is 0. The number of nitrogens with one attached hydrogen (secondary N) is 1. The van der Waals surface area contributed by atoms with Crippen molar-refractivity contribution < 1.29 is 23.9 Å². The van der Waals surface area contributed by atoms with Crippen LogP contribution in [0.5, 0.6) is 11.5 Å². The Morgan fingerprint density at radius 3 is 2.04 bits per heavy atom. The monoisotopic (exact) mass is 660 g/mol. The van der Waals surface area contributed by atoms with E-state index >= 15 is 0 Å². The quantitative estimate of drug-likeness (QED) is 0.248. The molecule has 49 heavy (non-hydrogen) atoms. The lowest BCUT2D eigenvalue weighted by molar-refractivity contribution is -0.120. The average molecular weight is 661 g/mol. The van der Waals surface area contributed by atoms with Crippen molar-refractivity contribution in [3.8, 4) is 11.5 Å². The van der Waals surface area contributed by atoms with E-state index in [-0.39, 0.29) is 34.9 Å². The number of carbonyl (C=O) groups is 3. The molecule has 0 fully saturated rings. The van der Waals surface area contributed by atoms with Crippen LogP contribution in [0.4, 0.5) is 5.69 Å². The average Bonchev–Trinajstić information content (AvgIpc) is 3.02. The molecule has 0 aromatic heterocycles. The summed E-state index contributed by atoms with van der Waals surface area (Å²) < 4.78 is 12.1. The van der Waals surface area contributed by atoms with Crippen LogP contribution in [0.25, 0.3) is 0 Å². The van der Waals surface area contributed by atoms with Gasteiger partial charge in [-0.3, -0.25) is 14.4 Å². The van der Waals surface area contributed by atoms with E-state index < -0.39 is 5.92 Å². The van der Waals surface area contributed by atoms with Crippen LogP contribution < -0.4 is 14.8 Å². The molecule has 1 aliphatic heterocycles. The Labute approximate surface area is 290 Å². The Kier molecular flexibility index (Phi) is 9.31. The fourth-order valence-corrected chi connectivity index (χ4v) is 7.63. The number of nitrogens with zero attached hydrogens (tertiary/aromatic N) is 1. The van der Waals surface area contributed by atoms with Gasteiger partial charge in [0.15, 0.2) is 29.7 Å². The van der Waals surface area contributed by atoms with E-state index in [9.17, 15) is 14.4 Å². The summed E-state index contributed by atoms with van der Waals surface area (Å²) in [7, 11) is 0. The van der Waals surface area contributed by atoms with Gasteiger partial charge < -0.3 is 19.7 Å². The Balaban J connectivity index is 1.40. The maximum Gasteiger partial charge on any atom is 0.262 e. The summed E-state index contributed by atoms with van der Waals surface area (Å²) in [5.41, 5.74) is 7.75. The number of benzene rings is 3. The molecule has 0 spiro atoms. The highest BCUT2D eigenvalue weighted by molar-refractivity contribution is 6.07. The van der Waals surface area contributed by atoms with E-state index in [0.29, 0.717) is 48.6 Å². The number of anilines is 1. The summed E-state index contributed by atoms with van der Waals surface area (Å²) in [6.07, 6.45) is 2.30. The minimum absolute atomic E-state index is 0.0832. The first kappa shape index (κ1) is 34.2. The molecule has 256 valence electrons. The van der Waals surface area contributed by atoms with Crippen LogP contribution in [0.1, 0.15) is 88.5 Å². The van der Waals surface area contributed by atoms with Gasteiger partial charge in [-0.05, 0) is 84.9 Å². The second-order valence-electron chi connectivity index (χ2n) is 15.4. The van der Waals surface area contributed by atoms with Gasteiger partial charge in [-0.25, -0.2) is 0 Å². The predicted molar refractivity (Wildman–Crippen MR) is 192 cm³/mol. The van der Waals surface area contributed by atoms with Gasteiger partial charge in [0.25, 0.3) is 5.91 Å². The number of amides is 1. The van der Waals surface area contributed by atoms with Gasteiger partial charge >= 0.3 is 0 Å². The molecule has 0 radical (unpaired) electrons. The highest BCUT2D eigenvalue weighted by atomic mass is 16.5. The molecule has 0 atom stereocenters. The maximum absolute atomic E-state index is 14.3. The van der Waals surface area contributed by atoms with Gasteiger partial charge in [0, 0.05) is 53.5 Å². The molecule has 3 aliphatic rings. The van der Waals surface area contributed by atoms with Gasteiger partial charge in [0.1, 0.15) is 0 Å². The number of hydrogen-bond donors (Lipinski definition) is 1. The molecular weight excluding hydrogens is 612 g/mol. The molecule has 1 N–H and O–H groups in total. The lowest BCUT2D eigenvalue weighted by atomic mass is 9.63. The van der Waals surface area contributed by atoms with Crippen LogP contribution in [-0.4, -0.2) is 35.6 Å². The van der Waals surface area contributed by atoms with E-state index in [1.54, 1.807) is 6.07 Å². The number of ether oxygens (including phenoxy) is 2. The number of Topliss-reactive ketones (excluding diaryl/α,β-unsaturated/α-hetero) is 2. The Morgan fingerprint density at radius 1 is 0.796 bits per heavy atom. The van der Waals surface area contributed by atoms with Crippen LogP contribution >= 0.6 is 0 Å². The zero-order chi connectivity index (χ0) is 35.1. The van der Waals surface area contributed by atoms with Crippen LogP contribution in [0.15, 0.2) is 89.3 Å². The minimum atomic E-state index is -0.509. The van der Waals surface area contributed by atoms with Gasteiger partial charge in [-0.1, -0.05) is 76.2 Å². The van der Waals surface area contributed by atoms with Crippen molar-refractivity contribution in [3.05, 3.63) is 112 Å². The number of ketones is 2. The zero-order valence-corrected chi connectivity index (χ0v) is 29.9. The van der Waals surface area contributed by atoms with Crippen molar-refractivity contribution in [2.24, 2.45) is 10.8 Å². The minimum Gasteiger partial charge on any atom is -0.490 e. The lowest BCUT2D eigenvalue weighted by Crippen LogP contribution is -2.44. The van der Waals surface area contributed by atoms with Crippen molar-refractivity contribution in [2.75, 3.05) is 18.5 Å². The fourth-order valence-electron chi connectivity index (χ4n) is 7.63. The lowest BCUT2D eigenvalue weighted by Gasteiger charge is -2.49. The van der Waals surface area contributed by atoms with E-state index in [2.05, 4.69) is 50.0 Å². The van der Waals surface area contributed by atoms with E-state index in [1.165, 1.54) is 0 Å². The molecule has 1 amide bonds. The topological polar surface area (TPSA) is 84.9 Å². The van der Waals surface area contributed by atoms with Crippen LogP contribution in [0.2, 0.25) is 0 Å². The first-order chi connectivity index (χ1) is 23.2. The fraction of sp³-hybridized carbons (Fsp3) is 0.405.